The van der Waals surface area contributed by atoms with Crippen LogP contribution in [0.15, 0.2) is 23.1 Å². The predicted molar refractivity (Wildman–Crippen MR) is 73.8 cm³/mol. The van der Waals surface area contributed by atoms with Gasteiger partial charge >= 0.3 is 0 Å². The molecule has 1 atom stereocenters. The summed E-state index contributed by atoms with van der Waals surface area (Å²) in [4.78, 5) is 1.13. The van der Waals surface area contributed by atoms with Crippen molar-refractivity contribution in [3.63, 3.8) is 0 Å². The smallest absolute Gasteiger partial charge is 0.125 e. The molecule has 2 nitrogen and oxygen atoms in total. The standard InChI is InChI=1S/C14H22O2S/c1-10(2)8-9-17-13-7-5-6-12(16-4)14(13)11(3)15/h5-7,10-11,15H,8-9H2,1-4H3/t11-/m1/s1. The lowest BCUT2D eigenvalue weighted by atomic mass is 10.1. The molecule has 1 N–H and O–H groups in total. The van der Waals surface area contributed by atoms with Gasteiger partial charge in [0.1, 0.15) is 5.75 Å². The SMILES string of the molecule is COc1cccc(SCCC(C)C)c1[C@@H](C)O. The number of benzene rings is 1. The summed E-state index contributed by atoms with van der Waals surface area (Å²) in [6, 6.07) is 5.92. The molecule has 1 aromatic carbocycles. The highest BCUT2D eigenvalue weighted by Gasteiger charge is 2.14. The Kier molecular flexibility index (Phi) is 5.86. The van der Waals surface area contributed by atoms with E-state index in [-0.39, 0.29) is 0 Å². The maximum Gasteiger partial charge on any atom is 0.125 e. The van der Waals surface area contributed by atoms with Crippen molar-refractivity contribution in [1.29, 1.82) is 0 Å². The largest absolute Gasteiger partial charge is 0.496 e. The third kappa shape index (κ3) is 4.25. The van der Waals surface area contributed by atoms with Crippen LogP contribution in [0.25, 0.3) is 0 Å². The highest BCUT2D eigenvalue weighted by molar-refractivity contribution is 7.99. The van der Waals surface area contributed by atoms with Gasteiger partial charge in [0, 0.05) is 10.5 Å². The Morgan fingerprint density at radius 3 is 2.53 bits per heavy atom. The number of hydrogen-bond donors (Lipinski definition) is 1. The number of aliphatic hydroxyl groups excluding tert-OH is 1. The lowest BCUT2D eigenvalue weighted by molar-refractivity contribution is 0.191. The molecular weight excluding hydrogens is 232 g/mol. The third-order valence-electron chi connectivity index (χ3n) is 2.62. The van der Waals surface area contributed by atoms with Gasteiger partial charge in [-0.3, -0.25) is 0 Å². The van der Waals surface area contributed by atoms with E-state index in [1.165, 1.54) is 6.42 Å². The topological polar surface area (TPSA) is 29.5 Å². The van der Waals surface area contributed by atoms with Crippen LogP contribution < -0.4 is 4.74 Å². The summed E-state index contributed by atoms with van der Waals surface area (Å²) in [5, 5.41) is 9.83. The fraction of sp³-hybridized carbons (Fsp3) is 0.571. The maximum atomic E-state index is 9.83. The maximum absolute atomic E-state index is 9.83. The number of hydrogen-bond acceptors (Lipinski definition) is 3. The van der Waals surface area contributed by atoms with E-state index in [9.17, 15) is 5.11 Å². The minimum atomic E-state index is -0.493. The van der Waals surface area contributed by atoms with Crippen molar-refractivity contribution in [2.24, 2.45) is 5.92 Å². The van der Waals surface area contributed by atoms with Crippen molar-refractivity contribution in [1.82, 2.24) is 0 Å². The molecule has 0 bridgehead atoms. The molecule has 0 saturated heterocycles. The first-order chi connectivity index (χ1) is 8.06. The van der Waals surface area contributed by atoms with Crippen molar-refractivity contribution < 1.29 is 9.84 Å². The minimum absolute atomic E-state index is 0.493. The van der Waals surface area contributed by atoms with Gasteiger partial charge in [0.05, 0.1) is 13.2 Å². The van der Waals surface area contributed by atoms with Crippen molar-refractivity contribution in [2.45, 2.75) is 38.2 Å². The summed E-state index contributed by atoms with van der Waals surface area (Å²) in [5.74, 6) is 2.56. The summed E-state index contributed by atoms with van der Waals surface area (Å²) in [7, 11) is 1.64. The van der Waals surface area contributed by atoms with Gasteiger partial charge in [0.2, 0.25) is 0 Å². The van der Waals surface area contributed by atoms with Crippen LogP contribution >= 0.6 is 11.8 Å². The zero-order chi connectivity index (χ0) is 12.8. The molecule has 0 heterocycles. The van der Waals surface area contributed by atoms with Gasteiger partial charge in [-0.25, -0.2) is 0 Å². The second kappa shape index (κ2) is 6.92. The lowest BCUT2D eigenvalue weighted by Crippen LogP contribution is -1.99. The summed E-state index contributed by atoms with van der Waals surface area (Å²) < 4.78 is 5.30. The molecule has 1 rings (SSSR count). The molecule has 3 heteroatoms. The zero-order valence-electron chi connectivity index (χ0n) is 11.1. The molecule has 0 aliphatic carbocycles. The Morgan fingerprint density at radius 2 is 2.00 bits per heavy atom. The Labute approximate surface area is 108 Å². The van der Waals surface area contributed by atoms with Gasteiger partial charge < -0.3 is 9.84 Å². The molecule has 17 heavy (non-hydrogen) atoms. The van der Waals surface area contributed by atoms with Crippen LogP contribution in [0, 0.1) is 5.92 Å². The van der Waals surface area contributed by atoms with Crippen LogP contribution in [0.5, 0.6) is 5.75 Å². The zero-order valence-corrected chi connectivity index (χ0v) is 11.9. The molecule has 0 aliphatic heterocycles. The monoisotopic (exact) mass is 254 g/mol. The van der Waals surface area contributed by atoms with Crippen LogP contribution in [0.4, 0.5) is 0 Å². The second-order valence-electron chi connectivity index (χ2n) is 4.58. The molecule has 0 radical (unpaired) electrons. The van der Waals surface area contributed by atoms with Gasteiger partial charge in [-0.15, -0.1) is 11.8 Å². The predicted octanol–water partition coefficient (Wildman–Crippen LogP) is 3.89. The first-order valence-corrected chi connectivity index (χ1v) is 7.02. The molecule has 0 unspecified atom stereocenters. The molecule has 0 aromatic heterocycles. The Balaban J connectivity index is 2.83. The van der Waals surface area contributed by atoms with Gasteiger partial charge in [0.15, 0.2) is 0 Å². The van der Waals surface area contributed by atoms with E-state index in [2.05, 4.69) is 19.9 Å². The van der Waals surface area contributed by atoms with Gasteiger partial charge in [0.25, 0.3) is 0 Å². The molecule has 0 aliphatic rings. The molecule has 0 amide bonds. The highest BCUT2D eigenvalue weighted by Crippen LogP contribution is 2.35. The van der Waals surface area contributed by atoms with Crippen molar-refractivity contribution in [2.75, 3.05) is 12.9 Å². The fourth-order valence-corrected chi connectivity index (χ4v) is 3.05. The van der Waals surface area contributed by atoms with E-state index in [0.29, 0.717) is 5.92 Å². The first-order valence-electron chi connectivity index (χ1n) is 6.04. The van der Waals surface area contributed by atoms with E-state index < -0.39 is 6.10 Å². The Morgan fingerprint density at radius 1 is 1.29 bits per heavy atom. The lowest BCUT2D eigenvalue weighted by Gasteiger charge is -2.16. The number of thioether (sulfide) groups is 1. The van der Waals surface area contributed by atoms with E-state index in [1.54, 1.807) is 25.8 Å². The summed E-state index contributed by atoms with van der Waals surface area (Å²) in [5.41, 5.74) is 0.906. The van der Waals surface area contributed by atoms with Crippen LogP contribution in [0.1, 0.15) is 38.9 Å². The van der Waals surface area contributed by atoms with Crippen LogP contribution in [-0.2, 0) is 0 Å². The van der Waals surface area contributed by atoms with Gasteiger partial charge in [-0.2, -0.15) is 0 Å². The normalized spacial score (nSPS) is 12.8. The summed E-state index contributed by atoms with van der Waals surface area (Å²) in [6.07, 6.45) is 0.689. The van der Waals surface area contributed by atoms with Crippen LogP contribution in [0.3, 0.4) is 0 Å². The molecule has 0 fully saturated rings. The summed E-state index contributed by atoms with van der Waals surface area (Å²) in [6.45, 7) is 6.23. The highest BCUT2D eigenvalue weighted by atomic mass is 32.2. The molecule has 0 spiro atoms. The van der Waals surface area contributed by atoms with E-state index >= 15 is 0 Å². The fourth-order valence-electron chi connectivity index (χ4n) is 1.64. The van der Waals surface area contributed by atoms with Gasteiger partial charge in [-0.1, -0.05) is 19.9 Å². The van der Waals surface area contributed by atoms with Crippen molar-refractivity contribution >= 4 is 11.8 Å². The number of ether oxygens (including phenoxy) is 1. The quantitative estimate of drug-likeness (QED) is 0.781. The molecule has 96 valence electrons. The Hall–Kier alpha value is -0.670. The van der Waals surface area contributed by atoms with E-state index in [0.717, 1.165) is 22.0 Å². The molecule has 1 aromatic rings. The van der Waals surface area contributed by atoms with Crippen LogP contribution in [-0.4, -0.2) is 18.0 Å². The summed E-state index contributed by atoms with van der Waals surface area (Å²) >= 11 is 1.79. The van der Waals surface area contributed by atoms with E-state index in [1.807, 2.05) is 12.1 Å². The number of methoxy groups -OCH3 is 1. The Bertz CT molecular complexity index is 348. The third-order valence-corrected chi connectivity index (χ3v) is 3.72. The van der Waals surface area contributed by atoms with Crippen molar-refractivity contribution in [3.05, 3.63) is 23.8 Å². The first kappa shape index (κ1) is 14.4. The average Bonchev–Trinajstić information content (AvgIpc) is 2.27. The van der Waals surface area contributed by atoms with Crippen LogP contribution in [0.2, 0.25) is 0 Å². The number of aliphatic hydroxyl groups is 1. The second-order valence-corrected chi connectivity index (χ2v) is 5.72. The number of rotatable bonds is 6. The van der Waals surface area contributed by atoms with Crippen molar-refractivity contribution in [3.8, 4) is 5.75 Å². The minimum Gasteiger partial charge on any atom is -0.496 e. The van der Waals surface area contributed by atoms with E-state index in [4.69, 9.17) is 4.74 Å². The average molecular weight is 254 g/mol. The molecular formula is C14H22O2S. The molecule has 0 saturated carbocycles. The van der Waals surface area contributed by atoms with Gasteiger partial charge in [-0.05, 0) is 37.1 Å².